The van der Waals surface area contributed by atoms with Gasteiger partial charge in [-0.1, -0.05) is 6.42 Å². The van der Waals surface area contributed by atoms with Crippen LogP contribution in [0.4, 0.5) is 0 Å². The summed E-state index contributed by atoms with van der Waals surface area (Å²) in [7, 11) is 1.91. The van der Waals surface area contributed by atoms with Crippen molar-refractivity contribution >= 4 is 5.91 Å². The molecule has 67 valence electrons. The van der Waals surface area contributed by atoms with Gasteiger partial charge in [-0.15, -0.1) is 0 Å². The van der Waals surface area contributed by atoms with E-state index in [2.05, 4.69) is 6.92 Å². The Morgan fingerprint density at radius 2 is 2.33 bits per heavy atom. The van der Waals surface area contributed by atoms with Crippen molar-refractivity contribution in [2.24, 2.45) is 0 Å². The molecule has 0 aromatic rings. The van der Waals surface area contributed by atoms with E-state index in [1.54, 1.807) is 0 Å². The summed E-state index contributed by atoms with van der Waals surface area (Å²) in [6.45, 7) is 3.79. The minimum Gasteiger partial charge on any atom is -0.343 e. The first-order valence-corrected chi connectivity index (χ1v) is 4.30. The largest absolute Gasteiger partial charge is 0.343 e. The minimum absolute atomic E-state index is 0. The molecule has 1 heterocycles. The van der Waals surface area contributed by atoms with E-state index in [-0.39, 0.29) is 32.7 Å². The fraction of sp³-hybridized carbons (Fsp3) is 0.778. The molecule has 3 heteroatoms. The van der Waals surface area contributed by atoms with Gasteiger partial charge in [-0.05, 0) is 12.8 Å². The number of amides is 1. The van der Waals surface area contributed by atoms with Crippen molar-refractivity contribution in [2.45, 2.75) is 38.1 Å². The van der Waals surface area contributed by atoms with Crippen LogP contribution in [0.1, 0.15) is 32.1 Å². The Bertz CT molecular complexity index is 149. The van der Waals surface area contributed by atoms with Gasteiger partial charge in [0.1, 0.15) is 0 Å². The predicted molar refractivity (Wildman–Crippen MR) is 45.0 cm³/mol. The Balaban J connectivity index is 0.00000121. The van der Waals surface area contributed by atoms with Gasteiger partial charge >= 0.3 is 0 Å². The molecule has 0 aromatic heterocycles. The first kappa shape index (κ1) is 12.6. The normalized spacial score (nSPS) is 22.7. The topological polar surface area (TPSA) is 20.3 Å². The molecule has 0 unspecified atom stereocenters. The second-order valence-electron chi connectivity index (χ2n) is 3.19. The Morgan fingerprint density at radius 1 is 1.67 bits per heavy atom. The van der Waals surface area contributed by atoms with Crippen LogP contribution >= 0.6 is 0 Å². The summed E-state index contributed by atoms with van der Waals surface area (Å²) >= 11 is 0. The molecule has 1 atom stereocenters. The van der Waals surface area contributed by atoms with Gasteiger partial charge in [0, 0.05) is 52.2 Å². The summed E-state index contributed by atoms with van der Waals surface area (Å²) in [6, 6.07) is 0.504. The third-order valence-corrected chi connectivity index (χ3v) is 2.42. The molecule has 1 radical (unpaired) electrons. The summed E-state index contributed by atoms with van der Waals surface area (Å²) in [5.74, 6) is 0.305. The monoisotopic (exact) mass is 243 g/mol. The molecule has 2 nitrogen and oxygen atoms in total. The van der Waals surface area contributed by atoms with Crippen LogP contribution in [0.25, 0.3) is 0 Å². The Morgan fingerprint density at radius 3 is 2.75 bits per heavy atom. The van der Waals surface area contributed by atoms with E-state index in [1.807, 2.05) is 11.9 Å². The van der Waals surface area contributed by atoms with Gasteiger partial charge in [-0.25, -0.2) is 0 Å². The average Bonchev–Trinajstić information content (AvgIpc) is 2.31. The number of unbranched alkanes of at least 4 members (excludes halogenated alkanes) is 1. The molecule has 1 fully saturated rings. The molecule has 1 amide bonds. The van der Waals surface area contributed by atoms with Crippen molar-refractivity contribution < 1.29 is 37.5 Å². The Kier molecular flexibility index (Phi) is 6.38. The molecule has 0 aliphatic carbocycles. The Hall–Kier alpha value is 0.574. The van der Waals surface area contributed by atoms with Crippen LogP contribution in [0, 0.1) is 6.92 Å². The van der Waals surface area contributed by atoms with E-state index >= 15 is 0 Å². The third-order valence-electron chi connectivity index (χ3n) is 2.42. The minimum atomic E-state index is 0. The number of carbonyl (C=O) groups excluding carboxylic acids is 1. The summed E-state index contributed by atoms with van der Waals surface area (Å²) < 4.78 is 0. The van der Waals surface area contributed by atoms with Gasteiger partial charge in [0.15, 0.2) is 0 Å². The van der Waals surface area contributed by atoms with E-state index < -0.39 is 0 Å². The van der Waals surface area contributed by atoms with Crippen LogP contribution in [0.2, 0.25) is 0 Å². The fourth-order valence-corrected chi connectivity index (χ4v) is 1.58. The quantitative estimate of drug-likeness (QED) is 0.689. The standard InChI is InChI=1S/C9H16NO.Y/c1-3-4-5-8-6-7-9(11)10(8)2;/h8H,1,3-7H2,2H3;/q-1;/t8-;/m1./s1. The zero-order valence-corrected chi connectivity index (χ0v) is 10.6. The van der Waals surface area contributed by atoms with Gasteiger partial charge in [0.25, 0.3) is 0 Å². The van der Waals surface area contributed by atoms with Crippen molar-refractivity contribution in [3.8, 4) is 0 Å². The molecule has 0 N–H and O–H groups in total. The molecule has 0 aromatic carbocycles. The predicted octanol–water partition coefficient (Wildman–Crippen LogP) is 1.61. The summed E-state index contributed by atoms with van der Waals surface area (Å²) in [6.07, 6.45) is 5.06. The van der Waals surface area contributed by atoms with E-state index in [0.29, 0.717) is 11.9 Å². The van der Waals surface area contributed by atoms with Gasteiger partial charge in [-0.2, -0.15) is 6.42 Å². The molecular formula is C9H16NOY-. The second-order valence-corrected chi connectivity index (χ2v) is 3.19. The van der Waals surface area contributed by atoms with Crippen LogP contribution in [-0.4, -0.2) is 23.9 Å². The summed E-state index contributed by atoms with van der Waals surface area (Å²) in [4.78, 5) is 12.9. The van der Waals surface area contributed by atoms with Crippen molar-refractivity contribution in [1.29, 1.82) is 0 Å². The maximum atomic E-state index is 11.1. The first-order valence-electron chi connectivity index (χ1n) is 4.30. The van der Waals surface area contributed by atoms with Crippen LogP contribution in [0.5, 0.6) is 0 Å². The zero-order valence-electron chi connectivity index (χ0n) is 7.75. The molecule has 1 rings (SSSR count). The fourth-order valence-electron chi connectivity index (χ4n) is 1.58. The van der Waals surface area contributed by atoms with Crippen molar-refractivity contribution in [2.75, 3.05) is 7.05 Å². The zero-order chi connectivity index (χ0) is 8.27. The molecule has 1 aliphatic heterocycles. The van der Waals surface area contributed by atoms with Gasteiger partial charge in [0.05, 0.1) is 0 Å². The number of carbonyl (C=O) groups is 1. The average molecular weight is 243 g/mol. The van der Waals surface area contributed by atoms with Crippen molar-refractivity contribution in [1.82, 2.24) is 4.90 Å². The summed E-state index contributed by atoms with van der Waals surface area (Å²) in [5.41, 5.74) is 0. The number of rotatable bonds is 3. The number of hydrogen-bond donors (Lipinski definition) is 0. The van der Waals surface area contributed by atoms with E-state index in [0.717, 1.165) is 32.1 Å². The maximum absolute atomic E-state index is 11.1. The molecule has 0 saturated carbocycles. The SMILES string of the molecule is [CH2-]CCC[C@@H]1CCC(=O)N1C.[Y]. The van der Waals surface area contributed by atoms with Gasteiger partial charge in [0.2, 0.25) is 5.91 Å². The van der Waals surface area contributed by atoms with E-state index in [9.17, 15) is 4.79 Å². The van der Waals surface area contributed by atoms with Crippen LogP contribution in [0.3, 0.4) is 0 Å². The molecule has 1 saturated heterocycles. The van der Waals surface area contributed by atoms with E-state index in [1.165, 1.54) is 0 Å². The molecule has 0 bridgehead atoms. The second kappa shape index (κ2) is 6.09. The number of likely N-dealkylation sites (tertiary alicyclic amines) is 1. The first-order chi connectivity index (χ1) is 5.25. The van der Waals surface area contributed by atoms with Crippen molar-refractivity contribution in [3.63, 3.8) is 0 Å². The Labute approximate surface area is 100.0 Å². The maximum Gasteiger partial charge on any atom is 0.222 e. The third kappa shape index (κ3) is 3.14. The molecule has 0 spiro atoms. The van der Waals surface area contributed by atoms with Gasteiger partial charge in [-0.3, -0.25) is 4.79 Å². The summed E-state index contributed by atoms with van der Waals surface area (Å²) in [5, 5.41) is 0. The van der Waals surface area contributed by atoms with Crippen LogP contribution in [-0.2, 0) is 37.5 Å². The smallest absolute Gasteiger partial charge is 0.222 e. The number of hydrogen-bond acceptors (Lipinski definition) is 1. The molecular weight excluding hydrogens is 227 g/mol. The van der Waals surface area contributed by atoms with Gasteiger partial charge < -0.3 is 11.8 Å². The van der Waals surface area contributed by atoms with Crippen molar-refractivity contribution in [3.05, 3.63) is 6.92 Å². The molecule has 1 aliphatic rings. The number of nitrogens with zero attached hydrogens (tertiary/aromatic N) is 1. The molecule has 12 heavy (non-hydrogen) atoms. The van der Waals surface area contributed by atoms with Crippen LogP contribution < -0.4 is 0 Å². The van der Waals surface area contributed by atoms with Crippen LogP contribution in [0.15, 0.2) is 0 Å². The van der Waals surface area contributed by atoms with E-state index in [4.69, 9.17) is 0 Å².